The van der Waals surface area contributed by atoms with Gasteiger partial charge in [-0.05, 0) is 13.0 Å². The minimum atomic E-state index is 0.515. The zero-order valence-electron chi connectivity index (χ0n) is 9.45. The molecule has 0 saturated heterocycles. The third-order valence-corrected chi connectivity index (χ3v) is 2.47. The molecule has 0 aliphatic carbocycles. The van der Waals surface area contributed by atoms with Crippen molar-refractivity contribution in [2.45, 2.75) is 13.3 Å². The van der Waals surface area contributed by atoms with Gasteiger partial charge in [0.1, 0.15) is 11.6 Å². The van der Waals surface area contributed by atoms with Crippen LogP contribution in [0.1, 0.15) is 16.8 Å². The third-order valence-electron chi connectivity index (χ3n) is 2.47. The second-order valence-corrected chi connectivity index (χ2v) is 3.81. The molecule has 1 aromatic heterocycles. The first-order chi connectivity index (χ1) is 7.69. The maximum Gasteiger partial charge on any atom is 0.145 e. The van der Waals surface area contributed by atoms with Crippen LogP contribution in [0.2, 0.25) is 0 Å². The minimum Gasteiger partial charge on any atom is -0.496 e. The number of nitrogen functional groups attached to an aromatic ring is 1. The molecule has 4 heteroatoms. The van der Waals surface area contributed by atoms with E-state index in [-0.39, 0.29) is 0 Å². The summed E-state index contributed by atoms with van der Waals surface area (Å²) in [6.45, 7) is 2.06. The summed E-state index contributed by atoms with van der Waals surface area (Å²) in [6.07, 6.45) is 0.745. The number of nitrogens with two attached hydrogens (primary N) is 1. The largest absolute Gasteiger partial charge is 0.496 e. The number of aryl methyl sites for hydroxylation is 1. The van der Waals surface area contributed by atoms with Crippen LogP contribution in [0.4, 0.5) is 5.82 Å². The summed E-state index contributed by atoms with van der Waals surface area (Å²) < 4.78 is 5.31. The van der Waals surface area contributed by atoms with Gasteiger partial charge < -0.3 is 10.5 Å². The number of nitrogens with zero attached hydrogens (tertiary/aromatic N) is 1. The monoisotopic (exact) mass is 217 g/mol. The number of H-pyrrole nitrogens is 1. The maximum atomic E-state index is 5.56. The standard InChI is InChI=1S/C12H15N3O/c1-8-3-4-11(16-2)9(5-8)6-10-7-12(13)15-14-10/h3-5,7H,6H2,1-2H3,(H3,13,14,15). The fraction of sp³-hybridized carbons (Fsp3) is 0.250. The van der Waals surface area contributed by atoms with Crippen LogP contribution >= 0.6 is 0 Å². The molecule has 0 aliphatic rings. The van der Waals surface area contributed by atoms with Crippen molar-refractivity contribution in [2.24, 2.45) is 0 Å². The highest BCUT2D eigenvalue weighted by molar-refractivity contribution is 5.40. The molecule has 84 valence electrons. The molecule has 0 fully saturated rings. The summed E-state index contributed by atoms with van der Waals surface area (Å²) >= 11 is 0. The SMILES string of the molecule is COc1ccc(C)cc1Cc1cc(N)n[nH]1. The first kappa shape index (κ1) is 10.5. The molecule has 3 N–H and O–H groups in total. The normalized spacial score (nSPS) is 10.4. The van der Waals surface area contributed by atoms with E-state index in [0.717, 1.165) is 23.4 Å². The van der Waals surface area contributed by atoms with Crippen LogP contribution in [0.25, 0.3) is 0 Å². The molecule has 4 nitrogen and oxygen atoms in total. The summed E-state index contributed by atoms with van der Waals surface area (Å²) in [7, 11) is 1.68. The van der Waals surface area contributed by atoms with Crippen LogP contribution < -0.4 is 10.5 Å². The van der Waals surface area contributed by atoms with E-state index in [4.69, 9.17) is 10.5 Å². The molecule has 0 atom stereocenters. The van der Waals surface area contributed by atoms with Crippen LogP contribution in [-0.4, -0.2) is 17.3 Å². The average molecular weight is 217 g/mol. The Morgan fingerprint density at radius 2 is 2.19 bits per heavy atom. The van der Waals surface area contributed by atoms with E-state index in [2.05, 4.69) is 23.2 Å². The molecular weight excluding hydrogens is 202 g/mol. The topological polar surface area (TPSA) is 63.9 Å². The smallest absolute Gasteiger partial charge is 0.145 e. The number of hydrogen-bond donors (Lipinski definition) is 2. The number of rotatable bonds is 3. The molecule has 1 heterocycles. The number of nitrogens with one attached hydrogen (secondary N) is 1. The van der Waals surface area contributed by atoms with Gasteiger partial charge in [-0.15, -0.1) is 0 Å². The van der Waals surface area contributed by atoms with Crippen molar-refractivity contribution >= 4 is 5.82 Å². The summed E-state index contributed by atoms with van der Waals surface area (Å²) in [5.41, 5.74) is 8.89. The van der Waals surface area contributed by atoms with Gasteiger partial charge in [0.2, 0.25) is 0 Å². The zero-order valence-corrected chi connectivity index (χ0v) is 9.45. The van der Waals surface area contributed by atoms with Crippen molar-refractivity contribution in [3.05, 3.63) is 41.1 Å². The molecular formula is C12H15N3O. The highest BCUT2D eigenvalue weighted by atomic mass is 16.5. The number of ether oxygens (including phenoxy) is 1. The second kappa shape index (κ2) is 4.26. The predicted molar refractivity (Wildman–Crippen MR) is 63.5 cm³/mol. The Hall–Kier alpha value is -1.97. The molecule has 2 aromatic rings. The number of aromatic amines is 1. The molecule has 0 saturated carbocycles. The van der Waals surface area contributed by atoms with Gasteiger partial charge in [-0.3, -0.25) is 5.10 Å². The minimum absolute atomic E-state index is 0.515. The first-order valence-corrected chi connectivity index (χ1v) is 5.12. The third kappa shape index (κ3) is 2.16. The average Bonchev–Trinajstić information content (AvgIpc) is 2.64. The van der Waals surface area contributed by atoms with E-state index < -0.39 is 0 Å². The Bertz CT molecular complexity index is 491. The van der Waals surface area contributed by atoms with Crippen molar-refractivity contribution in [3.8, 4) is 5.75 Å². The van der Waals surface area contributed by atoms with Crippen molar-refractivity contribution in [3.63, 3.8) is 0 Å². The van der Waals surface area contributed by atoms with Gasteiger partial charge in [0.25, 0.3) is 0 Å². The molecule has 1 aromatic carbocycles. The van der Waals surface area contributed by atoms with E-state index in [9.17, 15) is 0 Å². The molecule has 0 aliphatic heterocycles. The van der Waals surface area contributed by atoms with Crippen molar-refractivity contribution in [2.75, 3.05) is 12.8 Å². The van der Waals surface area contributed by atoms with Gasteiger partial charge in [-0.2, -0.15) is 5.10 Å². The second-order valence-electron chi connectivity index (χ2n) is 3.81. The molecule has 0 amide bonds. The van der Waals surface area contributed by atoms with Gasteiger partial charge in [0.15, 0.2) is 0 Å². The van der Waals surface area contributed by atoms with E-state index in [1.54, 1.807) is 7.11 Å². The summed E-state index contributed by atoms with van der Waals surface area (Å²) in [6, 6.07) is 7.95. The highest BCUT2D eigenvalue weighted by Crippen LogP contribution is 2.22. The summed E-state index contributed by atoms with van der Waals surface area (Å²) in [5.74, 6) is 1.40. The van der Waals surface area contributed by atoms with Gasteiger partial charge in [-0.25, -0.2) is 0 Å². The van der Waals surface area contributed by atoms with E-state index >= 15 is 0 Å². The lowest BCUT2D eigenvalue weighted by Gasteiger charge is -2.08. The molecule has 0 bridgehead atoms. The molecule has 0 unspecified atom stereocenters. The Morgan fingerprint density at radius 1 is 1.38 bits per heavy atom. The van der Waals surface area contributed by atoms with Crippen LogP contribution in [-0.2, 0) is 6.42 Å². The summed E-state index contributed by atoms with van der Waals surface area (Å²) in [5, 5.41) is 6.80. The lowest BCUT2D eigenvalue weighted by atomic mass is 10.1. The fourth-order valence-corrected chi connectivity index (χ4v) is 1.72. The maximum absolute atomic E-state index is 5.56. The van der Waals surface area contributed by atoms with E-state index in [0.29, 0.717) is 5.82 Å². The van der Waals surface area contributed by atoms with Crippen LogP contribution in [0, 0.1) is 6.92 Å². The number of aromatic nitrogens is 2. The predicted octanol–water partition coefficient (Wildman–Crippen LogP) is 1.90. The summed E-state index contributed by atoms with van der Waals surface area (Å²) in [4.78, 5) is 0. The lowest BCUT2D eigenvalue weighted by molar-refractivity contribution is 0.410. The quantitative estimate of drug-likeness (QED) is 0.825. The lowest BCUT2D eigenvalue weighted by Crippen LogP contribution is -1.95. The van der Waals surface area contributed by atoms with Crippen LogP contribution in [0.3, 0.4) is 0 Å². The Balaban J connectivity index is 2.29. The first-order valence-electron chi connectivity index (χ1n) is 5.12. The number of methoxy groups -OCH3 is 1. The Labute approximate surface area is 94.4 Å². The molecule has 16 heavy (non-hydrogen) atoms. The number of anilines is 1. The molecule has 0 radical (unpaired) electrons. The van der Waals surface area contributed by atoms with Crippen LogP contribution in [0.15, 0.2) is 24.3 Å². The van der Waals surface area contributed by atoms with Crippen molar-refractivity contribution < 1.29 is 4.74 Å². The highest BCUT2D eigenvalue weighted by Gasteiger charge is 2.06. The van der Waals surface area contributed by atoms with Crippen molar-refractivity contribution in [1.82, 2.24) is 10.2 Å². The van der Waals surface area contributed by atoms with E-state index in [1.807, 2.05) is 18.2 Å². The van der Waals surface area contributed by atoms with Crippen molar-refractivity contribution in [1.29, 1.82) is 0 Å². The van der Waals surface area contributed by atoms with Gasteiger partial charge in [0.05, 0.1) is 7.11 Å². The van der Waals surface area contributed by atoms with Gasteiger partial charge in [0, 0.05) is 23.7 Å². The van der Waals surface area contributed by atoms with Crippen LogP contribution in [0.5, 0.6) is 5.75 Å². The number of hydrogen-bond acceptors (Lipinski definition) is 3. The Kier molecular flexibility index (Phi) is 2.81. The van der Waals surface area contributed by atoms with Gasteiger partial charge in [-0.1, -0.05) is 17.7 Å². The molecule has 2 rings (SSSR count). The molecule has 0 spiro atoms. The number of benzene rings is 1. The van der Waals surface area contributed by atoms with Gasteiger partial charge >= 0.3 is 0 Å². The fourth-order valence-electron chi connectivity index (χ4n) is 1.72. The van der Waals surface area contributed by atoms with E-state index in [1.165, 1.54) is 5.56 Å². The zero-order chi connectivity index (χ0) is 11.5. The Morgan fingerprint density at radius 3 is 2.81 bits per heavy atom.